The highest BCUT2D eigenvalue weighted by molar-refractivity contribution is 5.94. The van der Waals surface area contributed by atoms with Crippen LogP contribution in [0.4, 0.5) is 0 Å². The van der Waals surface area contributed by atoms with Crippen molar-refractivity contribution in [2.24, 2.45) is 11.5 Å². The summed E-state index contributed by atoms with van der Waals surface area (Å²) in [5, 5.41) is 0. The lowest BCUT2D eigenvalue weighted by molar-refractivity contribution is -0.114. The summed E-state index contributed by atoms with van der Waals surface area (Å²) >= 11 is 0. The second kappa shape index (κ2) is 2.03. The number of allylic oxidation sites excluding steroid dienone is 2. The maximum atomic E-state index is 10.4. The van der Waals surface area contributed by atoms with Crippen molar-refractivity contribution in [1.82, 2.24) is 0 Å². The summed E-state index contributed by atoms with van der Waals surface area (Å²) in [6.45, 7) is 0. The fourth-order valence-electron chi connectivity index (χ4n) is 0.740. The second-order valence-corrected chi connectivity index (χ2v) is 1.90. The second-order valence-electron chi connectivity index (χ2n) is 1.90. The van der Waals surface area contributed by atoms with E-state index in [0.717, 1.165) is 0 Å². The average molecular weight is 124 g/mol. The molecular formula is C6H8N2O. The first-order chi connectivity index (χ1) is 4.22. The predicted octanol–water partition coefficient (Wildman–Crippen LogP) is -0.705. The zero-order valence-corrected chi connectivity index (χ0v) is 4.87. The maximum absolute atomic E-state index is 10.4. The van der Waals surface area contributed by atoms with Crippen molar-refractivity contribution in [2.75, 3.05) is 0 Å². The van der Waals surface area contributed by atoms with E-state index >= 15 is 0 Å². The smallest absolute Gasteiger partial charge is 0.246 e. The molecule has 0 bridgehead atoms. The first kappa shape index (κ1) is 6.04. The molecule has 1 aliphatic rings. The molecule has 1 amide bonds. The molecule has 0 heterocycles. The summed E-state index contributed by atoms with van der Waals surface area (Å²) < 4.78 is 0. The van der Waals surface area contributed by atoms with Crippen molar-refractivity contribution in [1.29, 1.82) is 0 Å². The molecule has 1 rings (SSSR count). The molecule has 0 saturated carbocycles. The van der Waals surface area contributed by atoms with Crippen molar-refractivity contribution in [3.8, 4) is 0 Å². The quantitative estimate of drug-likeness (QED) is 0.485. The summed E-state index contributed by atoms with van der Waals surface area (Å²) in [5.41, 5.74) is 10.9. The molecule has 0 aromatic heterocycles. The molecular weight excluding hydrogens is 116 g/mol. The third-order valence-electron chi connectivity index (χ3n) is 1.24. The molecule has 1 unspecified atom stereocenters. The van der Waals surface area contributed by atoms with E-state index in [2.05, 4.69) is 0 Å². The molecule has 0 spiro atoms. The lowest BCUT2D eigenvalue weighted by Gasteiger charge is -2.01. The maximum Gasteiger partial charge on any atom is 0.246 e. The Morgan fingerprint density at radius 3 is 2.56 bits per heavy atom. The van der Waals surface area contributed by atoms with E-state index in [1.54, 1.807) is 18.2 Å². The van der Waals surface area contributed by atoms with E-state index in [1.807, 2.05) is 0 Å². The number of amides is 1. The fraction of sp³-hybridized carbons (Fsp3) is 0.167. The zero-order valence-electron chi connectivity index (χ0n) is 4.87. The molecule has 0 aliphatic heterocycles. The minimum Gasteiger partial charge on any atom is -0.366 e. The highest BCUT2D eigenvalue weighted by Gasteiger charge is 2.13. The molecule has 0 aromatic rings. The molecule has 1 aliphatic carbocycles. The van der Waals surface area contributed by atoms with Crippen LogP contribution < -0.4 is 11.5 Å². The van der Waals surface area contributed by atoms with Crippen LogP contribution in [0, 0.1) is 0 Å². The number of carbonyl (C=O) groups excluding carboxylic acids is 1. The number of primary amides is 1. The summed E-state index contributed by atoms with van der Waals surface area (Å²) in [5.74, 6) is -0.437. The fourth-order valence-corrected chi connectivity index (χ4v) is 0.740. The number of carbonyl (C=O) groups is 1. The van der Waals surface area contributed by atoms with Gasteiger partial charge >= 0.3 is 0 Å². The normalized spacial score (nSPS) is 24.1. The van der Waals surface area contributed by atoms with Crippen molar-refractivity contribution in [3.63, 3.8) is 0 Å². The summed E-state index contributed by atoms with van der Waals surface area (Å²) in [6.07, 6.45) is 5.08. The van der Waals surface area contributed by atoms with Crippen LogP contribution in [0.2, 0.25) is 0 Å². The van der Waals surface area contributed by atoms with Gasteiger partial charge in [0.2, 0.25) is 5.91 Å². The van der Waals surface area contributed by atoms with Crippen LogP contribution in [0.5, 0.6) is 0 Å². The molecule has 0 radical (unpaired) electrons. The highest BCUT2D eigenvalue weighted by Crippen LogP contribution is 2.07. The minimum absolute atomic E-state index is 0.289. The first-order valence-corrected chi connectivity index (χ1v) is 2.65. The van der Waals surface area contributed by atoms with Gasteiger partial charge in [-0.1, -0.05) is 18.2 Å². The zero-order chi connectivity index (χ0) is 6.85. The SMILES string of the molecule is NC(=O)C1=CC=CC1N. The topological polar surface area (TPSA) is 69.1 Å². The van der Waals surface area contributed by atoms with Gasteiger partial charge in [-0.05, 0) is 0 Å². The number of hydrogen-bond acceptors (Lipinski definition) is 2. The molecule has 4 N–H and O–H groups in total. The Morgan fingerprint density at radius 1 is 1.67 bits per heavy atom. The van der Waals surface area contributed by atoms with Crippen LogP contribution in [-0.2, 0) is 4.79 Å². The van der Waals surface area contributed by atoms with Crippen LogP contribution in [-0.4, -0.2) is 11.9 Å². The van der Waals surface area contributed by atoms with Gasteiger partial charge in [-0.2, -0.15) is 0 Å². The monoisotopic (exact) mass is 124 g/mol. The molecule has 9 heavy (non-hydrogen) atoms. The number of nitrogens with two attached hydrogens (primary N) is 2. The molecule has 3 heteroatoms. The Labute approximate surface area is 53.0 Å². The Bertz CT molecular complexity index is 193. The Hall–Kier alpha value is -1.09. The lowest BCUT2D eigenvalue weighted by atomic mass is 10.1. The third kappa shape index (κ3) is 1.000. The van der Waals surface area contributed by atoms with Gasteiger partial charge in [0.15, 0.2) is 0 Å². The molecule has 3 nitrogen and oxygen atoms in total. The molecule has 0 saturated heterocycles. The van der Waals surface area contributed by atoms with Crippen molar-refractivity contribution in [3.05, 3.63) is 23.8 Å². The van der Waals surface area contributed by atoms with E-state index in [1.165, 1.54) is 0 Å². The van der Waals surface area contributed by atoms with Crippen molar-refractivity contribution >= 4 is 5.91 Å². The van der Waals surface area contributed by atoms with Gasteiger partial charge in [-0.15, -0.1) is 0 Å². The first-order valence-electron chi connectivity index (χ1n) is 2.65. The van der Waals surface area contributed by atoms with Gasteiger partial charge in [0, 0.05) is 5.57 Å². The van der Waals surface area contributed by atoms with Gasteiger partial charge < -0.3 is 11.5 Å². The van der Waals surface area contributed by atoms with E-state index in [-0.39, 0.29) is 6.04 Å². The number of rotatable bonds is 1. The van der Waals surface area contributed by atoms with E-state index in [9.17, 15) is 4.79 Å². The average Bonchev–Trinajstić information content (AvgIpc) is 2.13. The Morgan fingerprint density at radius 2 is 2.33 bits per heavy atom. The minimum atomic E-state index is -0.437. The summed E-state index contributed by atoms with van der Waals surface area (Å²) in [4.78, 5) is 10.4. The van der Waals surface area contributed by atoms with Gasteiger partial charge in [0.1, 0.15) is 0 Å². The van der Waals surface area contributed by atoms with Gasteiger partial charge in [0.25, 0.3) is 0 Å². The van der Waals surface area contributed by atoms with Crippen LogP contribution >= 0.6 is 0 Å². The van der Waals surface area contributed by atoms with Crippen LogP contribution in [0.15, 0.2) is 23.8 Å². The standard InChI is InChI=1S/C6H8N2O/c7-5-3-1-2-4(5)6(8)9/h1-3,5H,7H2,(H2,8,9). The van der Waals surface area contributed by atoms with Gasteiger partial charge in [0.05, 0.1) is 6.04 Å². The van der Waals surface area contributed by atoms with Crippen molar-refractivity contribution in [2.45, 2.75) is 6.04 Å². The molecule has 48 valence electrons. The van der Waals surface area contributed by atoms with E-state index in [4.69, 9.17) is 11.5 Å². The summed E-state index contributed by atoms with van der Waals surface area (Å²) in [7, 11) is 0. The van der Waals surface area contributed by atoms with Gasteiger partial charge in [-0.25, -0.2) is 0 Å². The van der Waals surface area contributed by atoms with Crippen LogP contribution in [0.1, 0.15) is 0 Å². The van der Waals surface area contributed by atoms with E-state index < -0.39 is 5.91 Å². The third-order valence-corrected chi connectivity index (χ3v) is 1.24. The Balaban J connectivity index is 2.76. The highest BCUT2D eigenvalue weighted by atomic mass is 16.1. The molecule has 0 aromatic carbocycles. The summed E-state index contributed by atoms with van der Waals surface area (Å²) in [6, 6.07) is -0.289. The van der Waals surface area contributed by atoms with Crippen LogP contribution in [0.25, 0.3) is 0 Å². The Kier molecular flexibility index (Phi) is 1.36. The largest absolute Gasteiger partial charge is 0.366 e. The van der Waals surface area contributed by atoms with E-state index in [0.29, 0.717) is 5.57 Å². The molecule has 1 atom stereocenters. The predicted molar refractivity (Wildman–Crippen MR) is 34.4 cm³/mol. The van der Waals surface area contributed by atoms with Crippen LogP contribution in [0.3, 0.4) is 0 Å². The lowest BCUT2D eigenvalue weighted by Crippen LogP contribution is -2.27. The molecule has 0 fully saturated rings. The number of hydrogen-bond donors (Lipinski definition) is 2. The van der Waals surface area contributed by atoms with Gasteiger partial charge in [-0.3, -0.25) is 4.79 Å². The van der Waals surface area contributed by atoms with Crippen molar-refractivity contribution < 1.29 is 4.79 Å².